The van der Waals surface area contributed by atoms with E-state index >= 15 is 0 Å². The summed E-state index contributed by atoms with van der Waals surface area (Å²) < 4.78 is 0. The van der Waals surface area contributed by atoms with Gasteiger partial charge in [-0.3, -0.25) is 0 Å². The summed E-state index contributed by atoms with van der Waals surface area (Å²) in [5, 5.41) is 8.94. The standard InChI is InChI=1S/C29H46N2/c1-3-5-7-9-11-12-13-14-16-18-26-20-22-27(23-21-26)29-25-24-28(30-31-29)19-17-15-10-8-6-4-2/h20-25H,3-19H2,1-2H3. The third-order valence-electron chi connectivity index (χ3n) is 6.32. The molecule has 0 atom stereocenters. The van der Waals surface area contributed by atoms with Crippen molar-refractivity contribution >= 4 is 0 Å². The SMILES string of the molecule is CCCCCCCCCCCc1ccc(-c2ccc(CCCCCCCC)nn2)cc1. The Kier molecular flexibility index (Phi) is 14.0. The average molecular weight is 423 g/mol. The molecule has 0 radical (unpaired) electrons. The first kappa shape index (κ1) is 25.6. The molecule has 31 heavy (non-hydrogen) atoms. The third kappa shape index (κ3) is 11.5. The zero-order valence-corrected chi connectivity index (χ0v) is 20.4. The lowest BCUT2D eigenvalue weighted by Gasteiger charge is -2.06. The summed E-state index contributed by atoms with van der Waals surface area (Å²) in [6.45, 7) is 4.55. The zero-order valence-electron chi connectivity index (χ0n) is 20.4. The minimum atomic E-state index is 0.987. The maximum atomic E-state index is 4.48. The summed E-state index contributed by atoms with van der Waals surface area (Å²) in [6, 6.07) is 13.2. The highest BCUT2D eigenvalue weighted by Crippen LogP contribution is 2.19. The molecule has 0 N–H and O–H groups in total. The molecule has 0 aliphatic rings. The smallest absolute Gasteiger partial charge is 0.0929 e. The second-order valence-electron chi connectivity index (χ2n) is 9.20. The van der Waals surface area contributed by atoms with Gasteiger partial charge in [0.25, 0.3) is 0 Å². The van der Waals surface area contributed by atoms with Crippen molar-refractivity contribution in [2.75, 3.05) is 0 Å². The Labute approximate surface area is 192 Å². The molecule has 0 saturated heterocycles. The summed E-state index contributed by atoms with van der Waals surface area (Å²) in [7, 11) is 0. The molecule has 1 aromatic heterocycles. The predicted molar refractivity (Wildman–Crippen MR) is 135 cm³/mol. The molecule has 2 aromatic rings. The molecule has 1 aromatic carbocycles. The lowest BCUT2D eigenvalue weighted by Crippen LogP contribution is -1.95. The number of nitrogens with zero attached hydrogens (tertiary/aromatic N) is 2. The highest BCUT2D eigenvalue weighted by molar-refractivity contribution is 5.58. The fourth-order valence-corrected chi connectivity index (χ4v) is 4.22. The van der Waals surface area contributed by atoms with Gasteiger partial charge < -0.3 is 0 Å². The number of aromatic nitrogens is 2. The molecule has 0 amide bonds. The summed E-state index contributed by atoms with van der Waals surface area (Å²) >= 11 is 0. The molecule has 2 rings (SSSR count). The van der Waals surface area contributed by atoms with Crippen molar-refractivity contribution in [2.24, 2.45) is 0 Å². The van der Waals surface area contributed by atoms with Gasteiger partial charge in [0.05, 0.1) is 11.4 Å². The Bertz CT molecular complexity index is 660. The van der Waals surface area contributed by atoms with Gasteiger partial charge in [0.2, 0.25) is 0 Å². The van der Waals surface area contributed by atoms with Crippen LogP contribution in [0.25, 0.3) is 11.3 Å². The van der Waals surface area contributed by atoms with E-state index in [4.69, 9.17) is 0 Å². The number of hydrogen-bond donors (Lipinski definition) is 0. The van der Waals surface area contributed by atoms with Crippen LogP contribution in [-0.2, 0) is 12.8 Å². The van der Waals surface area contributed by atoms with Crippen LogP contribution in [0.5, 0.6) is 0 Å². The molecule has 0 unspecified atom stereocenters. The van der Waals surface area contributed by atoms with Crippen LogP contribution < -0.4 is 0 Å². The molecule has 0 fully saturated rings. The van der Waals surface area contributed by atoms with Gasteiger partial charge in [-0.1, -0.05) is 122 Å². The lowest BCUT2D eigenvalue weighted by molar-refractivity contribution is 0.565. The second-order valence-corrected chi connectivity index (χ2v) is 9.20. The van der Waals surface area contributed by atoms with Crippen LogP contribution in [-0.4, -0.2) is 10.2 Å². The van der Waals surface area contributed by atoms with Crippen LogP contribution in [0, 0.1) is 0 Å². The molecule has 1 heterocycles. The first-order valence-corrected chi connectivity index (χ1v) is 13.3. The monoisotopic (exact) mass is 422 g/mol. The Morgan fingerprint density at radius 1 is 0.484 bits per heavy atom. The summed E-state index contributed by atoms with van der Waals surface area (Å²) in [4.78, 5) is 0. The van der Waals surface area contributed by atoms with Crippen molar-refractivity contribution in [1.82, 2.24) is 10.2 Å². The molecule has 0 aliphatic carbocycles. The van der Waals surface area contributed by atoms with Gasteiger partial charge in [0.1, 0.15) is 0 Å². The van der Waals surface area contributed by atoms with E-state index in [1.54, 1.807) is 0 Å². The summed E-state index contributed by atoms with van der Waals surface area (Å²) in [5.74, 6) is 0. The summed E-state index contributed by atoms with van der Waals surface area (Å²) in [5.41, 5.74) is 4.73. The van der Waals surface area contributed by atoms with Gasteiger partial charge in [-0.2, -0.15) is 10.2 Å². The normalized spacial score (nSPS) is 11.2. The van der Waals surface area contributed by atoms with E-state index in [-0.39, 0.29) is 0 Å². The maximum absolute atomic E-state index is 4.48. The Morgan fingerprint density at radius 2 is 1.00 bits per heavy atom. The van der Waals surface area contributed by atoms with E-state index in [0.29, 0.717) is 0 Å². The van der Waals surface area contributed by atoms with Gasteiger partial charge in [-0.05, 0) is 43.4 Å². The highest BCUT2D eigenvalue weighted by Gasteiger charge is 2.03. The van der Waals surface area contributed by atoms with E-state index in [1.807, 2.05) is 0 Å². The number of benzene rings is 1. The quantitative estimate of drug-likeness (QED) is 0.224. The van der Waals surface area contributed by atoms with E-state index < -0.39 is 0 Å². The number of rotatable bonds is 18. The van der Waals surface area contributed by atoms with Gasteiger partial charge >= 0.3 is 0 Å². The van der Waals surface area contributed by atoms with E-state index in [0.717, 1.165) is 17.8 Å². The van der Waals surface area contributed by atoms with Gasteiger partial charge in [0, 0.05) is 5.56 Å². The van der Waals surface area contributed by atoms with Crippen LogP contribution in [0.15, 0.2) is 36.4 Å². The first-order chi connectivity index (χ1) is 15.3. The molecular weight excluding hydrogens is 376 g/mol. The van der Waals surface area contributed by atoms with E-state index in [1.165, 1.54) is 114 Å². The Balaban J connectivity index is 1.62. The highest BCUT2D eigenvalue weighted by atomic mass is 15.1. The third-order valence-corrected chi connectivity index (χ3v) is 6.32. The lowest BCUT2D eigenvalue weighted by atomic mass is 10.0. The fourth-order valence-electron chi connectivity index (χ4n) is 4.22. The van der Waals surface area contributed by atoms with Crippen LogP contribution in [0.1, 0.15) is 121 Å². The molecule has 172 valence electrons. The number of aryl methyl sites for hydroxylation is 2. The van der Waals surface area contributed by atoms with Crippen molar-refractivity contribution in [2.45, 2.75) is 123 Å². The van der Waals surface area contributed by atoms with Crippen molar-refractivity contribution in [3.8, 4) is 11.3 Å². The maximum Gasteiger partial charge on any atom is 0.0929 e. The minimum Gasteiger partial charge on any atom is -0.155 e. The molecule has 0 bridgehead atoms. The Hall–Kier alpha value is -1.70. The number of hydrogen-bond acceptors (Lipinski definition) is 2. The fraction of sp³-hybridized carbons (Fsp3) is 0.655. The Morgan fingerprint density at radius 3 is 1.52 bits per heavy atom. The molecule has 2 heteroatoms. The molecule has 0 saturated carbocycles. The van der Waals surface area contributed by atoms with Gasteiger partial charge in [0.15, 0.2) is 0 Å². The second kappa shape index (κ2) is 16.9. The van der Waals surface area contributed by atoms with Crippen molar-refractivity contribution in [3.63, 3.8) is 0 Å². The topological polar surface area (TPSA) is 25.8 Å². The van der Waals surface area contributed by atoms with Crippen molar-refractivity contribution in [3.05, 3.63) is 47.7 Å². The minimum absolute atomic E-state index is 0.987. The first-order valence-electron chi connectivity index (χ1n) is 13.3. The molecular formula is C29H46N2. The van der Waals surface area contributed by atoms with Crippen LogP contribution in [0.2, 0.25) is 0 Å². The molecule has 0 aliphatic heterocycles. The van der Waals surface area contributed by atoms with Crippen molar-refractivity contribution in [1.29, 1.82) is 0 Å². The largest absolute Gasteiger partial charge is 0.155 e. The van der Waals surface area contributed by atoms with Crippen LogP contribution in [0.4, 0.5) is 0 Å². The van der Waals surface area contributed by atoms with E-state index in [9.17, 15) is 0 Å². The van der Waals surface area contributed by atoms with E-state index in [2.05, 4.69) is 60.4 Å². The predicted octanol–water partition coefficient (Wildman–Crippen LogP) is 9.12. The number of unbranched alkanes of at least 4 members (excludes halogenated alkanes) is 13. The summed E-state index contributed by atoms with van der Waals surface area (Å²) in [6.07, 6.45) is 22.7. The van der Waals surface area contributed by atoms with Crippen LogP contribution >= 0.6 is 0 Å². The molecule has 2 nitrogen and oxygen atoms in total. The van der Waals surface area contributed by atoms with Crippen molar-refractivity contribution < 1.29 is 0 Å². The molecule has 0 spiro atoms. The van der Waals surface area contributed by atoms with Gasteiger partial charge in [-0.15, -0.1) is 0 Å². The van der Waals surface area contributed by atoms with Gasteiger partial charge in [-0.25, -0.2) is 0 Å². The average Bonchev–Trinajstić information content (AvgIpc) is 2.81. The van der Waals surface area contributed by atoms with Crippen LogP contribution in [0.3, 0.4) is 0 Å². The zero-order chi connectivity index (χ0) is 22.0.